The summed E-state index contributed by atoms with van der Waals surface area (Å²) in [7, 11) is 1.45. The lowest BCUT2D eigenvalue weighted by atomic mass is 9.81. The molecule has 2 saturated heterocycles. The highest BCUT2D eigenvalue weighted by Crippen LogP contribution is 2.40. The number of benzene rings is 1. The lowest BCUT2D eigenvalue weighted by Gasteiger charge is -2.41. The molecule has 0 spiro atoms. The highest BCUT2D eigenvalue weighted by Gasteiger charge is 2.41. The van der Waals surface area contributed by atoms with E-state index in [9.17, 15) is 9.50 Å². The molecule has 4 heteroatoms. The van der Waals surface area contributed by atoms with Gasteiger partial charge in [-0.3, -0.25) is 0 Å². The van der Waals surface area contributed by atoms with Gasteiger partial charge in [-0.05, 0) is 49.9 Å². The second-order valence-corrected chi connectivity index (χ2v) is 5.67. The van der Waals surface area contributed by atoms with Crippen LogP contribution < -0.4 is 4.74 Å². The Bertz CT molecular complexity index is 479. The summed E-state index contributed by atoms with van der Waals surface area (Å²) in [5, 5.41) is 10.8. The fourth-order valence-corrected chi connectivity index (χ4v) is 3.46. The molecule has 0 aliphatic carbocycles. The molecule has 19 heavy (non-hydrogen) atoms. The van der Waals surface area contributed by atoms with Gasteiger partial charge in [-0.2, -0.15) is 0 Å². The van der Waals surface area contributed by atoms with Gasteiger partial charge in [0.2, 0.25) is 0 Å². The number of fused-ring (bicyclic) bond motifs is 1. The van der Waals surface area contributed by atoms with Gasteiger partial charge < -0.3 is 14.7 Å². The minimum Gasteiger partial charge on any atom is -0.494 e. The Labute approximate surface area is 113 Å². The van der Waals surface area contributed by atoms with Gasteiger partial charge in [0.05, 0.1) is 12.7 Å². The van der Waals surface area contributed by atoms with Crippen LogP contribution in [-0.4, -0.2) is 36.2 Å². The highest BCUT2D eigenvalue weighted by molar-refractivity contribution is 5.33. The molecular formula is C15H20FNO2. The van der Waals surface area contributed by atoms with Crippen LogP contribution in [0.15, 0.2) is 18.2 Å². The third kappa shape index (κ3) is 2.23. The fourth-order valence-electron chi connectivity index (χ4n) is 3.46. The summed E-state index contributed by atoms with van der Waals surface area (Å²) >= 11 is 0. The number of methoxy groups -OCH3 is 1. The topological polar surface area (TPSA) is 32.7 Å². The van der Waals surface area contributed by atoms with Crippen LogP contribution in [0.3, 0.4) is 0 Å². The van der Waals surface area contributed by atoms with Crippen molar-refractivity contribution >= 4 is 0 Å². The van der Waals surface area contributed by atoms with Gasteiger partial charge in [0, 0.05) is 12.6 Å². The maximum atomic E-state index is 13.8. The first-order valence-corrected chi connectivity index (χ1v) is 6.93. The van der Waals surface area contributed by atoms with Crippen molar-refractivity contribution in [3.05, 3.63) is 29.6 Å². The van der Waals surface area contributed by atoms with Crippen LogP contribution in [0.1, 0.15) is 31.2 Å². The molecule has 3 rings (SSSR count). The molecule has 1 N–H and O–H groups in total. The monoisotopic (exact) mass is 265 g/mol. The predicted octanol–water partition coefficient (Wildman–Crippen LogP) is 2.28. The molecule has 0 bridgehead atoms. The van der Waals surface area contributed by atoms with Crippen LogP contribution >= 0.6 is 0 Å². The summed E-state index contributed by atoms with van der Waals surface area (Å²) < 4.78 is 18.7. The molecule has 0 amide bonds. The average molecular weight is 265 g/mol. The van der Waals surface area contributed by atoms with E-state index in [1.54, 1.807) is 12.1 Å². The van der Waals surface area contributed by atoms with Crippen molar-refractivity contribution in [2.24, 2.45) is 0 Å². The second kappa shape index (κ2) is 4.76. The van der Waals surface area contributed by atoms with E-state index in [-0.39, 0.29) is 5.75 Å². The maximum absolute atomic E-state index is 13.8. The number of rotatable bonds is 2. The first-order chi connectivity index (χ1) is 9.12. The molecule has 2 heterocycles. The number of hydrogen-bond acceptors (Lipinski definition) is 3. The highest BCUT2D eigenvalue weighted by atomic mass is 19.1. The van der Waals surface area contributed by atoms with E-state index in [1.807, 2.05) is 0 Å². The number of aliphatic hydroxyl groups is 1. The zero-order chi connectivity index (χ0) is 13.5. The largest absolute Gasteiger partial charge is 0.494 e. The van der Waals surface area contributed by atoms with Crippen LogP contribution in [0.4, 0.5) is 4.39 Å². The van der Waals surface area contributed by atoms with E-state index in [2.05, 4.69) is 4.90 Å². The summed E-state index contributed by atoms with van der Waals surface area (Å²) in [6.07, 6.45) is 3.73. The van der Waals surface area contributed by atoms with Crippen LogP contribution in [0.5, 0.6) is 5.75 Å². The summed E-state index contributed by atoms with van der Waals surface area (Å²) in [6.45, 7) is 2.03. The number of hydrogen-bond donors (Lipinski definition) is 1. The quantitative estimate of drug-likeness (QED) is 0.890. The van der Waals surface area contributed by atoms with Gasteiger partial charge in [0.15, 0.2) is 11.6 Å². The summed E-state index contributed by atoms with van der Waals surface area (Å²) in [5.74, 6) is -0.173. The number of halogens is 1. The maximum Gasteiger partial charge on any atom is 0.165 e. The third-order valence-electron chi connectivity index (χ3n) is 4.57. The second-order valence-electron chi connectivity index (χ2n) is 5.67. The Morgan fingerprint density at radius 3 is 3.00 bits per heavy atom. The SMILES string of the molecule is COc1ccc(C2(O)CCN3CCCC3C2)cc1F. The summed E-state index contributed by atoms with van der Waals surface area (Å²) in [5.41, 5.74) is -0.212. The van der Waals surface area contributed by atoms with E-state index in [0.717, 1.165) is 19.5 Å². The summed E-state index contributed by atoms with van der Waals surface area (Å²) in [6, 6.07) is 5.25. The van der Waals surface area contributed by atoms with Gasteiger partial charge in [-0.1, -0.05) is 6.07 Å². The minimum absolute atomic E-state index is 0.227. The van der Waals surface area contributed by atoms with Crippen LogP contribution in [0, 0.1) is 5.82 Å². The van der Waals surface area contributed by atoms with Crippen molar-refractivity contribution < 1.29 is 14.2 Å². The van der Waals surface area contributed by atoms with E-state index in [4.69, 9.17) is 4.74 Å². The average Bonchev–Trinajstić information content (AvgIpc) is 2.85. The minimum atomic E-state index is -0.890. The van der Waals surface area contributed by atoms with Gasteiger partial charge >= 0.3 is 0 Å². The molecule has 2 unspecified atom stereocenters. The van der Waals surface area contributed by atoms with E-state index >= 15 is 0 Å². The zero-order valence-electron chi connectivity index (χ0n) is 11.2. The van der Waals surface area contributed by atoms with Crippen LogP contribution in [-0.2, 0) is 5.60 Å². The Kier molecular flexibility index (Phi) is 3.23. The van der Waals surface area contributed by atoms with E-state index < -0.39 is 11.4 Å². The molecule has 0 radical (unpaired) electrons. The van der Waals surface area contributed by atoms with Crippen molar-refractivity contribution in [2.45, 2.75) is 37.3 Å². The Balaban J connectivity index is 1.86. The predicted molar refractivity (Wildman–Crippen MR) is 70.7 cm³/mol. The number of nitrogens with zero attached hydrogens (tertiary/aromatic N) is 1. The van der Waals surface area contributed by atoms with Gasteiger partial charge in [0.1, 0.15) is 0 Å². The van der Waals surface area contributed by atoms with Crippen molar-refractivity contribution in [1.82, 2.24) is 4.90 Å². The smallest absolute Gasteiger partial charge is 0.165 e. The molecule has 0 aromatic heterocycles. The molecule has 3 nitrogen and oxygen atoms in total. The van der Waals surface area contributed by atoms with Gasteiger partial charge in [-0.25, -0.2) is 4.39 Å². The Morgan fingerprint density at radius 2 is 2.26 bits per heavy atom. The summed E-state index contributed by atoms with van der Waals surface area (Å²) in [4.78, 5) is 2.44. The molecule has 104 valence electrons. The number of piperidine rings is 1. The zero-order valence-corrected chi connectivity index (χ0v) is 11.2. The van der Waals surface area contributed by atoms with Crippen molar-refractivity contribution in [3.63, 3.8) is 0 Å². The molecular weight excluding hydrogens is 245 g/mol. The van der Waals surface area contributed by atoms with E-state index in [0.29, 0.717) is 24.4 Å². The van der Waals surface area contributed by atoms with Crippen molar-refractivity contribution in [3.8, 4) is 5.75 Å². The molecule has 0 saturated carbocycles. The normalized spacial score (nSPS) is 31.2. The standard InChI is InChI=1S/C15H20FNO2/c1-19-14-5-4-11(9-13(14)16)15(18)6-8-17-7-2-3-12(17)10-15/h4-5,9,12,18H,2-3,6-8,10H2,1H3. The Hall–Kier alpha value is -1.13. The molecule has 2 fully saturated rings. The lowest BCUT2D eigenvalue weighted by molar-refractivity contribution is -0.0411. The van der Waals surface area contributed by atoms with Gasteiger partial charge in [0.25, 0.3) is 0 Å². The fraction of sp³-hybridized carbons (Fsp3) is 0.600. The Morgan fingerprint density at radius 1 is 1.42 bits per heavy atom. The lowest BCUT2D eigenvalue weighted by Crippen LogP contribution is -2.46. The first-order valence-electron chi connectivity index (χ1n) is 6.93. The van der Waals surface area contributed by atoms with Crippen LogP contribution in [0.25, 0.3) is 0 Å². The van der Waals surface area contributed by atoms with E-state index in [1.165, 1.54) is 19.6 Å². The van der Waals surface area contributed by atoms with Crippen LogP contribution in [0.2, 0.25) is 0 Å². The molecule has 1 aromatic rings. The molecule has 2 aliphatic heterocycles. The number of ether oxygens (including phenoxy) is 1. The van der Waals surface area contributed by atoms with Gasteiger partial charge in [-0.15, -0.1) is 0 Å². The first kappa shape index (κ1) is 12.9. The molecule has 1 aromatic carbocycles. The molecule has 2 aliphatic rings. The van der Waals surface area contributed by atoms with Crippen molar-refractivity contribution in [1.29, 1.82) is 0 Å². The molecule has 2 atom stereocenters. The van der Waals surface area contributed by atoms with Crippen molar-refractivity contribution in [2.75, 3.05) is 20.2 Å². The third-order valence-corrected chi connectivity index (χ3v) is 4.57.